The highest BCUT2D eigenvalue weighted by Crippen LogP contribution is 2.14. The normalized spacial score (nSPS) is 13.6. The van der Waals surface area contributed by atoms with E-state index in [-0.39, 0.29) is 18.4 Å². The van der Waals surface area contributed by atoms with Gasteiger partial charge in [0.2, 0.25) is 0 Å². The van der Waals surface area contributed by atoms with E-state index in [1.54, 1.807) is 19.1 Å². The molecule has 0 aromatic heterocycles. The largest absolute Gasteiger partial charge is 0.480 e. The molecular weight excluding hydrogens is 296 g/mol. The Morgan fingerprint density at radius 1 is 1.30 bits per heavy atom. The maximum atomic E-state index is 12.5. The van der Waals surface area contributed by atoms with Crippen LogP contribution < -0.4 is 5.32 Å². The first kappa shape index (κ1) is 19.1. The first-order chi connectivity index (χ1) is 10.9. The molecule has 1 amide bonds. The fraction of sp³-hybridized carbons (Fsp3) is 0.529. The predicted octanol–water partition coefficient (Wildman–Crippen LogP) is 1.34. The number of nitrogens with one attached hydrogen (secondary N) is 1. The molecule has 6 nitrogen and oxygen atoms in total. The lowest BCUT2D eigenvalue weighted by Crippen LogP contribution is -2.45. The predicted molar refractivity (Wildman–Crippen MR) is 88.2 cm³/mol. The van der Waals surface area contributed by atoms with Gasteiger partial charge in [-0.3, -0.25) is 9.69 Å². The van der Waals surface area contributed by atoms with E-state index in [1.807, 2.05) is 31.0 Å². The van der Waals surface area contributed by atoms with Gasteiger partial charge >= 0.3 is 5.97 Å². The lowest BCUT2D eigenvalue weighted by molar-refractivity contribution is -0.140. The van der Waals surface area contributed by atoms with Crippen LogP contribution in [0.2, 0.25) is 0 Å². The number of aliphatic hydroxyl groups is 1. The number of aliphatic hydroxyl groups excluding tert-OH is 1. The van der Waals surface area contributed by atoms with Crippen LogP contribution in [0.1, 0.15) is 36.2 Å². The van der Waals surface area contributed by atoms with Crippen molar-refractivity contribution in [1.82, 2.24) is 10.2 Å². The Kier molecular flexibility index (Phi) is 7.71. The van der Waals surface area contributed by atoms with Gasteiger partial charge in [-0.25, -0.2) is 4.79 Å². The van der Waals surface area contributed by atoms with Crippen LogP contribution >= 0.6 is 0 Å². The molecule has 0 saturated heterocycles. The highest BCUT2D eigenvalue weighted by molar-refractivity contribution is 5.97. The van der Waals surface area contributed by atoms with E-state index in [0.717, 1.165) is 5.56 Å². The van der Waals surface area contributed by atoms with Gasteiger partial charge in [-0.1, -0.05) is 38.5 Å². The summed E-state index contributed by atoms with van der Waals surface area (Å²) in [6.45, 7) is 4.75. The van der Waals surface area contributed by atoms with E-state index < -0.39 is 12.0 Å². The van der Waals surface area contributed by atoms with Crippen LogP contribution in [0, 0.1) is 5.92 Å². The third-order valence-electron chi connectivity index (χ3n) is 3.95. The van der Waals surface area contributed by atoms with Crippen LogP contribution in [0.25, 0.3) is 0 Å². The van der Waals surface area contributed by atoms with Gasteiger partial charge in [-0.15, -0.1) is 0 Å². The van der Waals surface area contributed by atoms with Gasteiger partial charge in [0.15, 0.2) is 0 Å². The maximum Gasteiger partial charge on any atom is 0.326 e. The van der Waals surface area contributed by atoms with Crippen molar-refractivity contribution in [3.05, 3.63) is 35.4 Å². The number of hydrogen-bond donors (Lipinski definition) is 3. The summed E-state index contributed by atoms with van der Waals surface area (Å²) >= 11 is 0. The van der Waals surface area contributed by atoms with E-state index in [9.17, 15) is 14.7 Å². The van der Waals surface area contributed by atoms with Gasteiger partial charge in [0, 0.05) is 18.7 Å². The average Bonchev–Trinajstić information content (AvgIpc) is 2.52. The highest BCUT2D eigenvalue weighted by atomic mass is 16.4. The van der Waals surface area contributed by atoms with Crippen molar-refractivity contribution in [2.24, 2.45) is 5.92 Å². The standard InChI is InChI=1S/C17H26N2O4/c1-4-12(2)15(17(22)23)18-16(21)14-8-6-5-7-13(14)11-19(3)9-10-20/h5-8,12,15,20H,4,9-11H2,1-3H3,(H,18,21)(H,22,23). The fourth-order valence-electron chi connectivity index (χ4n) is 2.32. The van der Waals surface area contributed by atoms with Crippen molar-refractivity contribution in [2.75, 3.05) is 20.2 Å². The van der Waals surface area contributed by atoms with Crippen molar-refractivity contribution < 1.29 is 19.8 Å². The molecule has 2 atom stereocenters. The molecule has 0 saturated carbocycles. The molecule has 0 radical (unpaired) electrons. The quantitative estimate of drug-likeness (QED) is 0.638. The molecule has 1 aromatic carbocycles. The SMILES string of the molecule is CCC(C)C(NC(=O)c1ccccc1CN(C)CCO)C(=O)O. The highest BCUT2D eigenvalue weighted by Gasteiger charge is 2.26. The van der Waals surface area contributed by atoms with Crippen LogP contribution in [0.4, 0.5) is 0 Å². The van der Waals surface area contributed by atoms with Crippen LogP contribution in [0.15, 0.2) is 24.3 Å². The van der Waals surface area contributed by atoms with Gasteiger partial charge in [-0.05, 0) is 24.6 Å². The number of nitrogens with zero attached hydrogens (tertiary/aromatic N) is 1. The van der Waals surface area contributed by atoms with E-state index in [1.165, 1.54) is 0 Å². The smallest absolute Gasteiger partial charge is 0.326 e. The fourth-order valence-corrected chi connectivity index (χ4v) is 2.32. The molecule has 0 bridgehead atoms. The minimum Gasteiger partial charge on any atom is -0.480 e. The number of carboxylic acids is 1. The number of aliphatic carboxylic acids is 1. The summed E-state index contributed by atoms with van der Waals surface area (Å²) in [4.78, 5) is 25.8. The summed E-state index contributed by atoms with van der Waals surface area (Å²) in [6, 6.07) is 6.20. The minimum atomic E-state index is -1.03. The topological polar surface area (TPSA) is 89.9 Å². The molecular formula is C17H26N2O4. The van der Waals surface area contributed by atoms with Crippen LogP contribution in [-0.2, 0) is 11.3 Å². The van der Waals surface area contributed by atoms with E-state index in [2.05, 4.69) is 5.32 Å². The Morgan fingerprint density at radius 3 is 2.52 bits per heavy atom. The summed E-state index contributed by atoms with van der Waals surface area (Å²) in [5, 5.41) is 20.9. The third-order valence-corrected chi connectivity index (χ3v) is 3.95. The Labute approximate surface area is 137 Å². The van der Waals surface area contributed by atoms with Crippen LogP contribution in [-0.4, -0.2) is 53.2 Å². The molecule has 0 fully saturated rings. The second-order valence-electron chi connectivity index (χ2n) is 5.79. The Hall–Kier alpha value is -1.92. The first-order valence-corrected chi connectivity index (χ1v) is 7.81. The van der Waals surface area contributed by atoms with Crippen molar-refractivity contribution in [3.63, 3.8) is 0 Å². The van der Waals surface area contributed by atoms with Gasteiger partial charge in [0.25, 0.3) is 5.91 Å². The zero-order valence-electron chi connectivity index (χ0n) is 14.0. The number of hydrogen-bond acceptors (Lipinski definition) is 4. The number of likely N-dealkylation sites (N-methyl/N-ethyl adjacent to an activating group) is 1. The number of carboxylic acid groups (broad SMARTS) is 1. The van der Waals surface area contributed by atoms with Crippen molar-refractivity contribution in [2.45, 2.75) is 32.9 Å². The molecule has 23 heavy (non-hydrogen) atoms. The molecule has 1 aromatic rings. The summed E-state index contributed by atoms with van der Waals surface area (Å²) in [6.07, 6.45) is 0.665. The van der Waals surface area contributed by atoms with E-state index >= 15 is 0 Å². The molecule has 0 heterocycles. The second kappa shape index (κ2) is 9.27. The summed E-state index contributed by atoms with van der Waals surface area (Å²) in [7, 11) is 1.85. The molecule has 2 unspecified atom stereocenters. The Bertz CT molecular complexity index is 533. The molecule has 0 spiro atoms. The van der Waals surface area contributed by atoms with Gasteiger partial charge in [-0.2, -0.15) is 0 Å². The second-order valence-corrected chi connectivity index (χ2v) is 5.79. The molecule has 1 rings (SSSR count). The van der Waals surface area contributed by atoms with Crippen LogP contribution in [0.5, 0.6) is 0 Å². The van der Waals surface area contributed by atoms with E-state index in [0.29, 0.717) is 25.1 Å². The lowest BCUT2D eigenvalue weighted by Gasteiger charge is -2.22. The number of amides is 1. The van der Waals surface area contributed by atoms with Crippen molar-refractivity contribution in [1.29, 1.82) is 0 Å². The third kappa shape index (κ3) is 5.65. The van der Waals surface area contributed by atoms with E-state index in [4.69, 9.17) is 5.11 Å². The Morgan fingerprint density at radius 2 is 1.96 bits per heavy atom. The molecule has 0 aliphatic rings. The molecule has 3 N–H and O–H groups in total. The average molecular weight is 322 g/mol. The monoisotopic (exact) mass is 322 g/mol. The molecule has 0 aliphatic heterocycles. The summed E-state index contributed by atoms with van der Waals surface area (Å²) in [5.41, 5.74) is 1.26. The van der Waals surface area contributed by atoms with Crippen molar-refractivity contribution >= 4 is 11.9 Å². The number of benzene rings is 1. The number of carbonyl (C=O) groups is 2. The zero-order valence-corrected chi connectivity index (χ0v) is 14.0. The molecule has 128 valence electrons. The zero-order chi connectivity index (χ0) is 17.4. The van der Waals surface area contributed by atoms with Gasteiger partial charge < -0.3 is 15.5 Å². The summed E-state index contributed by atoms with van der Waals surface area (Å²) < 4.78 is 0. The minimum absolute atomic E-state index is 0.0416. The lowest BCUT2D eigenvalue weighted by atomic mass is 9.98. The maximum absolute atomic E-state index is 12.5. The van der Waals surface area contributed by atoms with Gasteiger partial charge in [0.05, 0.1) is 6.61 Å². The number of rotatable bonds is 9. The molecule has 0 aliphatic carbocycles. The number of carbonyl (C=O) groups excluding carboxylic acids is 1. The Balaban J connectivity index is 2.92. The summed E-state index contributed by atoms with van der Waals surface area (Å²) in [5.74, 6) is -1.56. The van der Waals surface area contributed by atoms with Crippen LogP contribution in [0.3, 0.4) is 0 Å². The first-order valence-electron chi connectivity index (χ1n) is 7.81. The van der Waals surface area contributed by atoms with Gasteiger partial charge in [0.1, 0.15) is 6.04 Å². The molecule has 6 heteroatoms. The van der Waals surface area contributed by atoms with Crippen molar-refractivity contribution in [3.8, 4) is 0 Å².